The van der Waals surface area contributed by atoms with Gasteiger partial charge in [-0.2, -0.15) is 0 Å². The zero-order valence-corrected chi connectivity index (χ0v) is 14.4. The summed E-state index contributed by atoms with van der Waals surface area (Å²) in [7, 11) is 1.57. The third-order valence-corrected chi connectivity index (χ3v) is 4.21. The Morgan fingerprint density at radius 3 is 2.64 bits per heavy atom. The average molecular weight is 363 g/mol. The first kappa shape index (κ1) is 18.6. The van der Waals surface area contributed by atoms with E-state index < -0.39 is 16.8 Å². The van der Waals surface area contributed by atoms with Crippen LogP contribution in [0.25, 0.3) is 6.08 Å². The Morgan fingerprint density at radius 1 is 1.32 bits per heavy atom. The van der Waals surface area contributed by atoms with Gasteiger partial charge in [-0.05, 0) is 30.7 Å². The van der Waals surface area contributed by atoms with Gasteiger partial charge in [0, 0.05) is 30.8 Å². The second kappa shape index (κ2) is 7.90. The van der Waals surface area contributed by atoms with Gasteiger partial charge in [0.2, 0.25) is 5.91 Å². The van der Waals surface area contributed by atoms with Gasteiger partial charge in [-0.25, -0.2) is 4.39 Å². The van der Waals surface area contributed by atoms with E-state index in [1.165, 1.54) is 47.4 Å². The number of likely N-dealkylation sites (N-methyl/N-ethyl adjacent to an activating group) is 1. The van der Waals surface area contributed by atoms with Crippen molar-refractivity contribution in [1.29, 1.82) is 0 Å². The molecule has 2 rings (SSSR count). The predicted octanol–water partition coefficient (Wildman–Crippen LogP) is 4.62. The molecular formula is C18H16ClFN2O3. The topological polar surface area (TPSA) is 63.5 Å². The number of rotatable bonds is 5. The maximum atomic E-state index is 13.7. The molecule has 0 aromatic heterocycles. The van der Waals surface area contributed by atoms with Crippen LogP contribution in [0.15, 0.2) is 48.5 Å². The van der Waals surface area contributed by atoms with Gasteiger partial charge in [0.15, 0.2) is 0 Å². The Kier molecular flexibility index (Phi) is 5.88. The van der Waals surface area contributed by atoms with Crippen molar-refractivity contribution in [1.82, 2.24) is 4.90 Å². The molecule has 0 heterocycles. The molecule has 0 fully saturated rings. The van der Waals surface area contributed by atoms with Crippen LogP contribution < -0.4 is 0 Å². The summed E-state index contributed by atoms with van der Waals surface area (Å²) < 4.78 is 13.7. The first-order valence-corrected chi connectivity index (χ1v) is 7.82. The molecule has 0 radical (unpaired) electrons. The van der Waals surface area contributed by atoms with Crippen LogP contribution >= 0.6 is 11.6 Å². The number of carbonyl (C=O) groups is 1. The van der Waals surface area contributed by atoms with Gasteiger partial charge in [-0.3, -0.25) is 14.9 Å². The van der Waals surface area contributed by atoms with E-state index in [4.69, 9.17) is 11.6 Å². The summed E-state index contributed by atoms with van der Waals surface area (Å²) in [5.74, 6) is -0.899. The minimum absolute atomic E-state index is 0.0427. The van der Waals surface area contributed by atoms with Crippen LogP contribution in [0.5, 0.6) is 0 Å². The molecule has 0 unspecified atom stereocenters. The lowest BCUT2D eigenvalue weighted by Gasteiger charge is -2.24. The SMILES string of the molecule is C[C@@H](c1cccc([N+](=O)[O-])c1)N(C)C(=O)/C=C/c1c(F)cccc1Cl. The molecule has 5 nitrogen and oxygen atoms in total. The van der Waals surface area contributed by atoms with Crippen LogP contribution in [-0.2, 0) is 4.79 Å². The standard InChI is InChI=1S/C18H16ClFN2O3/c1-12(13-5-3-6-14(11-13)22(24)25)21(2)18(23)10-9-15-16(19)7-4-8-17(15)20/h3-12H,1-2H3/b10-9+/t12-/m0/s1. The Hall–Kier alpha value is -2.73. The zero-order chi connectivity index (χ0) is 18.6. The number of non-ortho nitro benzene ring substituents is 1. The van der Waals surface area contributed by atoms with E-state index >= 15 is 0 Å². The van der Waals surface area contributed by atoms with E-state index in [1.54, 1.807) is 26.1 Å². The first-order chi connectivity index (χ1) is 11.8. The lowest BCUT2D eigenvalue weighted by atomic mass is 10.1. The molecular weight excluding hydrogens is 347 g/mol. The van der Waals surface area contributed by atoms with E-state index in [0.29, 0.717) is 5.56 Å². The van der Waals surface area contributed by atoms with Crippen molar-refractivity contribution in [2.45, 2.75) is 13.0 Å². The van der Waals surface area contributed by atoms with E-state index in [-0.39, 0.29) is 22.2 Å². The smallest absolute Gasteiger partial charge is 0.269 e. The summed E-state index contributed by atoms with van der Waals surface area (Å²) in [6.07, 6.45) is 2.54. The fraction of sp³-hybridized carbons (Fsp3) is 0.167. The normalized spacial score (nSPS) is 12.2. The van der Waals surface area contributed by atoms with Crippen molar-refractivity contribution in [3.8, 4) is 0 Å². The van der Waals surface area contributed by atoms with Gasteiger partial charge < -0.3 is 4.90 Å². The lowest BCUT2D eigenvalue weighted by molar-refractivity contribution is -0.384. The van der Waals surface area contributed by atoms with Crippen LogP contribution in [-0.4, -0.2) is 22.8 Å². The maximum absolute atomic E-state index is 13.7. The van der Waals surface area contributed by atoms with Gasteiger partial charge >= 0.3 is 0 Å². The molecule has 0 saturated heterocycles. The summed E-state index contributed by atoms with van der Waals surface area (Å²) >= 11 is 5.92. The fourth-order valence-corrected chi connectivity index (χ4v) is 2.48. The predicted molar refractivity (Wildman–Crippen MR) is 94.7 cm³/mol. The molecule has 1 atom stereocenters. The number of hydrogen-bond donors (Lipinski definition) is 0. The van der Waals surface area contributed by atoms with Crippen molar-refractivity contribution < 1.29 is 14.1 Å². The molecule has 7 heteroatoms. The van der Waals surface area contributed by atoms with Crippen molar-refractivity contribution in [3.05, 3.63) is 80.6 Å². The lowest BCUT2D eigenvalue weighted by Crippen LogP contribution is -2.28. The molecule has 2 aromatic carbocycles. The number of amides is 1. The van der Waals surface area contributed by atoms with Crippen LogP contribution in [0.1, 0.15) is 24.1 Å². The van der Waals surface area contributed by atoms with Gasteiger partial charge in [-0.1, -0.05) is 29.8 Å². The van der Waals surface area contributed by atoms with E-state index in [2.05, 4.69) is 0 Å². The summed E-state index contributed by atoms with van der Waals surface area (Å²) in [6.45, 7) is 1.75. The number of nitro groups is 1. The first-order valence-electron chi connectivity index (χ1n) is 7.44. The molecule has 0 aliphatic carbocycles. The van der Waals surface area contributed by atoms with Gasteiger partial charge in [0.1, 0.15) is 5.82 Å². The van der Waals surface area contributed by atoms with Crippen molar-refractivity contribution >= 4 is 29.3 Å². The third-order valence-electron chi connectivity index (χ3n) is 3.88. The van der Waals surface area contributed by atoms with Gasteiger partial charge in [0.25, 0.3) is 5.69 Å². The molecule has 0 N–H and O–H groups in total. The summed E-state index contributed by atoms with van der Waals surface area (Å²) in [4.78, 5) is 24.1. The van der Waals surface area contributed by atoms with Crippen molar-refractivity contribution in [2.24, 2.45) is 0 Å². The number of benzene rings is 2. The van der Waals surface area contributed by atoms with Gasteiger partial charge in [0.05, 0.1) is 16.0 Å². The molecule has 0 saturated carbocycles. The Bertz CT molecular complexity index is 819. The van der Waals surface area contributed by atoms with Crippen LogP contribution in [0.2, 0.25) is 5.02 Å². The highest BCUT2D eigenvalue weighted by molar-refractivity contribution is 6.32. The largest absolute Gasteiger partial charge is 0.335 e. The number of halogens is 2. The molecule has 1 amide bonds. The molecule has 2 aromatic rings. The number of nitrogens with zero attached hydrogens (tertiary/aromatic N) is 2. The second-order valence-electron chi connectivity index (χ2n) is 5.45. The van der Waals surface area contributed by atoms with Gasteiger partial charge in [-0.15, -0.1) is 0 Å². The highest BCUT2D eigenvalue weighted by Crippen LogP contribution is 2.24. The van der Waals surface area contributed by atoms with Crippen molar-refractivity contribution in [3.63, 3.8) is 0 Å². The highest BCUT2D eigenvalue weighted by Gasteiger charge is 2.18. The number of nitro benzene ring substituents is 1. The average Bonchev–Trinajstić information content (AvgIpc) is 2.59. The minimum Gasteiger partial charge on any atom is -0.335 e. The monoisotopic (exact) mass is 362 g/mol. The minimum atomic E-state index is -0.522. The second-order valence-corrected chi connectivity index (χ2v) is 5.85. The Labute approximate surface area is 149 Å². The number of hydrogen-bond acceptors (Lipinski definition) is 3. The third kappa shape index (κ3) is 4.42. The summed E-state index contributed by atoms with van der Waals surface area (Å²) in [5.41, 5.74) is 0.718. The molecule has 130 valence electrons. The Balaban J connectivity index is 2.18. The van der Waals surface area contributed by atoms with E-state index in [9.17, 15) is 19.3 Å². The fourth-order valence-electron chi connectivity index (χ4n) is 2.25. The summed E-state index contributed by atoms with van der Waals surface area (Å²) in [5, 5.41) is 11.1. The van der Waals surface area contributed by atoms with Crippen LogP contribution in [0, 0.1) is 15.9 Å². The summed E-state index contributed by atoms with van der Waals surface area (Å²) in [6, 6.07) is 9.96. The molecule has 25 heavy (non-hydrogen) atoms. The highest BCUT2D eigenvalue weighted by atomic mass is 35.5. The Morgan fingerprint density at radius 2 is 2.00 bits per heavy atom. The molecule has 0 aliphatic heterocycles. The van der Waals surface area contributed by atoms with E-state index in [0.717, 1.165) is 0 Å². The molecule has 0 bridgehead atoms. The van der Waals surface area contributed by atoms with Crippen LogP contribution in [0.4, 0.5) is 10.1 Å². The maximum Gasteiger partial charge on any atom is 0.269 e. The van der Waals surface area contributed by atoms with Crippen molar-refractivity contribution in [2.75, 3.05) is 7.05 Å². The van der Waals surface area contributed by atoms with Crippen LogP contribution in [0.3, 0.4) is 0 Å². The molecule has 0 spiro atoms. The number of carbonyl (C=O) groups excluding carboxylic acids is 1. The zero-order valence-electron chi connectivity index (χ0n) is 13.6. The quantitative estimate of drug-likeness (QED) is 0.443. The van der Waals surface area contributed by atoms with E-state index in [1.807, 2.05) is 0 Å². The molecule has 0 aliphatic rings.